The molecule has 1 spiro atoms. The van der Waals surface area contributed by atoms with E-state index in [1.54, 1.807) is 4.90 Å². The van der Waals surface area contributed by atoms with Crippen molar-refractivity contribution >= 4 is 40.3 Å². The first-order valence-electron chi connectivity index (χ1n) is 9.65. The third kappa shape index (κ3) is 3.27. The summed E-state index contributed by atoms with van der Waals surface area (Å²) in [6, 6.07) is 10.1. The third-order valence-electron chi connectivity index (χ3n) is 5.85. The van der Waals surface area contributed by atoms with Crippen LogP contribution in [-0.4, -0.2) is 21.5 Å². The second-order valence-corrected chi connectivity index (χ2v) is 7.98. The molecule has 32 heavy (non-hydrogen) atoms. The maximum atomic E-state index is 13.6. The number of rotatable bonds is 3. The molecule has 11 heteroatoms. The molecule has 0 bridgehead atoms. The number of nitrogens with zero attached hydrogens (tertiary/aromatic N) is 4. The van der Waals surface area contributed by atoms with Crippen LogP contribution in [0.25, 0.3) is 0 Å². The second kappa shape index (κ2) is 7.56. The summed E-state index contributed by atoms with van der Waals surface area (Å²) in [7, 11) is 0. The SMILES string of the molecule is N#Cc1ccc(N2C(=O)C3(CCCC3)N(c3ccc([N+](=O)[O-])cc3)C2=S)cc1C(F)(F)F. The van der Waals surface area contributed by atoms with E-state index in [-0.39, 0.29) is 16.5 Å². The first-order valence-corrected chi connectivity index (χ1v) is 10.1. The maximum Gasteiger partial charge on any atom is 0.417 e. The number of nitriles is 1. The van der Waals surface area contributed by atoms with Crippen molar-refractivity contribution in [2.45, 2.75) is 37.4 Å². The molecule has 1 aliphatic carbocycles. The highest BCUT2D eigenvalue weighted by molar-refractivity contribution is 7.81. The van der Waals surface area contributed by atoms with Crippen molar-refractivity contribution in [3.05, 3.63) is 63.7 Å². The number of nitro groups is 1. The zero-order valence-corrected chi connectivity index (χ0v) is 17.2. The molecule has 0 radical (unpaired) electrons. The van der Waals surface area contributed by atoms with Gasteiger partial charge < -0.3 is 4.90 Å². The summed E-state index contributed by atoms with van der Waals surface area (Å²) in [5.74, 6) is -0.448. The minimum Gasteiger partial charge on any atom is -0.303 e. The molecule has 1 saturated carbocycles. The molecule has 0 N–H and O–H groups in total. The minimum atomic E-state index is -4.78. The van der Waals surface area contributed by atoms with Crippen LogP contribution in [0, 0.1) is 21.4 Å². The van der Waals surface area contributed by atoms with E-state index in [1.807, 2.05) is 0 Å². The van der Waals surface area contributed by atoms with Gasteiger partial charge in [-0.25, -0.2) is 0 Å². The quantitative estimate of drug-likeness (QED) is 0.366. The van der Waals surface area contributed by atoms with Crippen LogP contribution < -0.4 is 9.80 Å². The van der Waals surface area contributed by atoms with Crippen molar-refractivity contribution < 1.29 is 22.9 Å². The lowest BCUT2D eigenvalue weighted by Crippen LogP contribution is -2.47. The molecular weight excluding hydrogens is 445 g/mol. The van der Waals surface area contributed by atoms with Gasteiger partial charge in [-0.3, -0.25) is 19.8 Å². The fourth-order valence-corrected chi connectivity index (χ4v) is 4.85. The fourth-order valence-electron chi connectivity index (χ4n) is 4.38. The highest BCUT2D eigenvalue weighted by Crippen LogP contribution is 2.46. The lowest BCUT2D eigenvalue weighted by molar-refractivity contribution is -0.384. The molecule has 1 amide bonds. The summed E-state index contributed by atoms with van der Waals surface area (Å²) >= 11 is 5.55. The number of nitro benzene ring substituents is 1. The van der Waals surface area contributed by atoms with Gasteiger partial charge >= 0.3 is 6.18 Å². The van der Waals surface area contributed by atoms with Gasteiger partial charge in [0.1, 0.15) is 5.54 Å². The van der Waals surface area contributed by atoms with Gasteiger partial charge in [0.25, 0.3) is 11.6 Å². The van der Waals surface area contributed by atoms with Gasteiger partial charge in [0.05, 0.1) is 27.8 Å². The number of amides is 1. The maximum absolute atomic E-state index is 13.6. The van der Waals surface area contributed by atoms with Crippen molar-refractivity contribution in [2.24, 2.45) is 0 Å². The van der Waals surface area contributed by atoms with E-state index in [0.29, 0.717) is 18.5 Å². The summed E-state index contributed by atoms with van der Waals surface area (Å²) in [5, 5.41) is 20.0. The predicted molar refractivity (Wildman–Crippen MR) is 113 cm³/mol. The Morgan fingerprint density at radius 1 is 1.09 bits per heavy atom. The molecular formula is C21H15F3N4O3S. The first kappa shape index (κ1) is 21.7. The molecule has 0 atom stereocenters. The third-order valence-corrected chi connectivity index (χ3v) is 6.21. The largest absolute Gasteiger partial charge is 0.417 e. The predicted octanol–water partition coefficient (Wildman–Crippen LogP) is 4.94. The fraction of sp³-hybridized carbons (Fsp3) is 0.286. The molecule has 2 aromatic rings. The number of carbonyl (C=O) groups excluding carboxylic acids is 1. The average molecular weight is 460 g/mol. The standard InChI is InChI=1S/C21H15F3N4O3S/c22-21(23,24)17-11-16(4-3-13(17)12-25)26-18(29)20(9-1-2-10-20)27(19(26)32)14-5-7-15(8-6-14)28(30)31/h3-8,11H,1-2,9-10H2. The topological polar surface area (TPSA) is 90.5 Å². The summed E-state index contributed by atoms with van der Waals surface area (Å²) in [4.78, 5) is 26.7. The second-order valence-electron chi connectivity index (χ2n) is 7.61. The van der Waals surface area contributed by atoms with E-state index in [4.69, 9.17) is 17.5 Å². The monoisotopic (exact) mass is 460 g/mol. The van der Waals surface area contributed by atoms with Gasteiger partial charge in [-0.05, 0) is 55.4 Å². The van der Waals surface area contributed by atoms with Crippen molar-refractivity contribution in [1.29, 1.82) is 5.26 Å². The van der Waals surface area contributed by atoms with E-state index in [2.05, 4.69) is 0 Å². The molecule has 1 heterocycles. The lowest BCUT2D eigenvalue weighted by atomic mass is 9.94. The highest BCUT2D eigenvalue weighted by Gasteiger charge is 2.57. The van der Waals surface area contributed by atoms with E-state index in [1.165, 1.54) is 36.4 Å². The summed E-state index contributed by atoms with van der Waals surface area (Å²) < 4.78 is 40.4. The van der Waals surface area contributed by atoms with Gasteiger partial charge in [0.2, 0.25) is 0 Å². The van der Waals surface area contributed by atoms with E-state index < -0.39 is 33.7 Å². The molecule has 164 valence electrons. The number of hydrogen-bond acceptors (Lipinski definition) is 5. The van der Waals surface area contributed by atoms with Crippen LogP contribution in [0.15, 0.2) is 42.5 Å². The number of benzene rings is 2. The smallest absolute Gasteiger partial charge is 0.303 e. The highest BCUT2D eigenvalue weighted by atomic mass is 32.1. The van der Waals surface area contributed by atoms with Gasteiger partial charge in [0.15, 0.2) is 5.11 Å². The lowest BCUT2D eigenvalue weighted by Gasteiger charge is -2.32. The van der Waals surface area contributed by atoms with Crippen LogP contribution in [-0.2, 0) is 11.0 Å². The molecule has 0 unspecified atom stereocenters. The van der Waals surface area contributed by atoms with E-state index >= 15 is 0 Å². The number of anilines is 2. The Morgan fingerprint density at radius 2 is 1.69 bits per heavy atom. The van der Waals surface area contributed by atoms with Crippen molar-refractivity contribution in [1.82, 2.24) is 0 Å². The molecule has 4 rings (SSSR count). The number of carbonyl (C=O) groups is 1. The molecule has 1 saturated heterocycles. The Hall–Kier alpha value is -3.52. The number of hydrogen-bond donors (Lipinski definition) is 0. The number of halogens is 3. The average Bonchev–Trinajstić information content (AvgIpc) is 3.31. The summed E-state index contributed by atoms with van der Waals surface area (Å²) in [5.41, 5.74) is -2.54. The molecule has 2 aromatic carbocycles. The summed E-state index contributed by atoms with van der Waals surface area (Å²) in [6.45, 7) is 0. The molecule has 1 aliphatic heterocycles. The van der Waals surface area contributed by atoms with E-state index in [0.717, 1.165) is 29.9 Å². The molecule has 2 fully saturated rings. The zero-order valence-electron chi connectivity index (χ0n) is 16.4. The summed E-state index contributed by atoms with van der Waals surface area (Å²) in [6.07, 6.45) is -2.43. The molecule has 0 aromatic heterocycles. The normalized spacial score (nSPS) is 17.8. The van der Waals surface area contributed by atoms with Gasteiger partial charge in [-0.2, -0.15) is 18.4 Å². The van der Waals surface area contributed by atoms with Crippen LogP contribution >= 0.6 is 12.2 Å². The zero-order chi connectivity index (χ0) is 23.3. The van der Waals surface area contributed by atoms with Crippen molar-refractivity contribution in [3.8, 4) is 6.07 Å². The Balaban J connectivity index is 1.82. The van der Waals surface area contributed by atoms with Crippen LogP contribution in [0.3, 0.4) is 0 Å². The van der Waals surface area contributed by atoms with Crippen LogP contribution in [0.2, 0.25) is 0 Å². The first-order chi connectivity index (χ1) is 15.1. The molecule has 7 nitrogen and oxygen atoms in total. The van der Waals surface area contributed by atoms with E-state index in [9.17, 15) is 28.1 Å². The van der Waals surface area contributed by atoms with Crippen LogP contribution in [0.4, 0.5) is 30.2 Å². The van der Waals surface area contributed by atoms with Gasteiger partial charge in [-0.1, -0.05) is 12.8 Å². The minimum absolute atomic E-state index is 0.0106. The van der Waals surface area contributed by atoms with Crippen molar-refractivity contribution in [3.63, 3.8) is 0 Å². The number of thiocarbonyl (C=S) groups is 1. The van der Waals surface area contributed by atoms with Crippen LogP contribution in [0.5, 0.6) is 0 Å². The Labute approximate surface area is 185 Å². The Kier molecular flexibility index (Phi) is 5.13. The number of non-ortho nitro benzene ring substituents is 1. The van der Waals surface area contributed by atoms with Crippen molar-refractivity contribution in [2.75, 3.05) is 9.80 Å². The van der Waals surface area contributed by atoms with Gasteiger partial charge in [0, 0.05) is 17.8 Å². The van der Waals surface area contributed by atoms with Gasteiger partial charge in [-0.15, -0.1) is 0 Å². The van der Waals surface area contributed by atoms with Crippen LogP contribution in [0.1, 0.15) is 36.8 Å². The Bertz CT molecular complexity index is 1170. The number of alkyl halides is 3. The molecule has 2 aliphatic rings. The Morgan fingerprint density at radius 3 is 2.22 bits per heavy atom.